The molecule has 4 nitrogen and oxygen atoms in total. The lowest BCUT2D eigenvalue weighted by atomic mass is 9.82. The number of amides is 1. The zero-order valence-corrected chi connectivity index (χ0v) is 16.0. The average molecular weight is 345 g/mol. The lowest BCUT2D eigenvalue weighted by Gasteiger charge is -2.28. The predicted octanol–water partition coefficient (Wildman–Crippen LogP) is 4.20. The SMILES string of the molecule is CC(C)C[C@@H](C(N)=O)[C@H](CC=Cc1ccccc1)C(=O)OC(C)(C)C. The number of hydrogen-bond donors (Lipinski definition) is 1. The third-order valence-corrected chi connectivity index (χ3v) is 3.79. The zero-order valence-electron chi connectivity index (χ0n) is 16.0. The minimum atomic E-state index is -0.599. The van der Waals surface area contributed by atoms with Crippen molar-refractivity contribution in [3.05, 3.63) is 42.0 Å². The maximum Gasteiger partial charge on any atom is 0.310 e. The number of esters is 1. The largest absolute Gasteiger partial charge is 0.460 e. The van der Waals surface area contributed by atoms with Crippen LogP contribution in [0.1, 0.15) is 53.0 Å². The molecule has 1 amide bonds. The Labute approximate surface area is 151 Å². The smallest absolute Gasteiger partial charge is 0.310 e. The summed E-state index contributed by atoms with van der Waals surface area (Å²) in [5.41, 5.74) is 6.05. The van der Waals surface area contributed by atoms with Crippen molar-refractivity contribution in [3.8, 4) is 0 Å². The summed E-state index contributed by atoms with van der Waals surface area (Å²) in [6.45, 7) is 9.50. The molecule has 1 rings (SSSR count). The maximum absolute atomic E-state index is 12.7. The Morgan fingerprint density at radius 3 is 2.20 bits per heavy atom. The summed E-state index contributed by atoms with van der Waals surface area (Å²) < 4.78 is 5.53. The Morgan fingerprint density at radius 2 is 1.72 bits per heavy atom. The van der Waals surface area contributed by atoms with Gasteiger partial charge >= 0.3 is 5.97 Å². The average Bonchev–Trinajstić information content (AvgIpc) is 2.48. The van der Waals surface area contributed by atoms with Gasteiger partial charge < -0.3 is 10.5 Å². The molecule has 0 unspecified atom stereocenters. The molecule has 1 aromatic rings. The molecule has 0 bridgehead atoms. The summed E-state index contributed by atoms with van der Waals surface area (Å²) >= 11 is 0. The second kappa shape index (κ2) is 9.40. The van der Waals surface area contributed by atoms with Gasteiger partial charge in [0.2, 0.25) is 5.91 Å². The molecule has 0 radical (unpaired) electrons. The first-order valence-electron chi connectivity index (χ1n) is 8.84. The molecule has 0 saturated heterocycles. The summed E-state index contributed by atoms with van der Waals surface area (Å²) in [5, 5.41) is 0. The quantitative estimate of drug-likeness (QED) is 0.718. The van der Waals surface area contributed by atoms with Gasteiger partial charge in [0.25, 0.3) is 0 Å². The normalized spacial score (nSPS) is 14.5. The van der Waals surface area contributed by atoms with Crippen molar-refractivity contribution in [1.29, 1.82) is 0 Å². The van der Waals surface area contributed by atoms with Crippen LogP contribution in [0, 0.1) is 17.8 Å². The van der Waals surface area contributed by atoms with Gasteiger partial charge in [-0.05, 0) is 45.1 Å². The molecule has 0 aromatic heterocycles. The Hall–Kier alpha value is -2.10. The van der Waals surface area contributed by atoms with Crippen LogP contribution in [0.4, 0.5) is 0 Å². The van der Waals surface area contributed by atoms with E-state index in [2.05, 4.69) is 0 Å². The van der Waals surface area contributed by atoms with Crippen molar-refractivity contribution in [1.82, 2.24) is 0 Å². The fourth-order valence-corrected chi connectivity index (χ4v) is 2.70. The topological polar surface area (TPSA) is 69.4 Å². The number of hydrogen-bond acceptors (Lipinski definition) is 3. The van der Waals surface area contributed by atoms with E-state index in [9.17, 15) is 9.59 Å². The minimum Gasteiger partial charge on any atom is -0.460 e. The van der Waals surface area contributed by atoms with E-state index in [1.807, 2.05) is 77.1 Å². The highest BCUT2D eigenvalue weighted by Gasteiger charge is 2.35. The summed E-state index contributed by atoms with van der Waals surface area (Å²) in [6, 6.07) is 9.83. The van der Waals surface area contributed by atoms with Crippen LogP contribution < -0.4 is 5.73 Å². The third-order valence-electron chi connectivity index (χ3n) is 3.79. The highest BCUT2D eigenvalue weighted by Crippen LogP contribution is 2.27. The summed E-state index contributed by atoms with van der Waals surface area (Å²) in [6.07, 6.45) is 4.85. The molecule has 138 valence electrons. The van der Waals surface area contributed by atoms with Crippen LogP contribution >= 0.6 is 0 Å². The Morgan fingerprint density at radius 1 is 1.12 bits per heavy atom. The number of carbonyl (C=O) groups excluding carboxylic acids is 2. The monoisotopic (exact) mass is 345 g/mol. The van der Waals surface area contributed by atoms with Gasteiger partial charge in [-0.2, -0.15) is 0 Å². The number of carbonyl (C=O) groups is 2. The predicted molar refractivity (Wildman–Crippen MR) is 102 cm³/mol. The zero-order chi connectivity index (χ0) is 19.0. The molecule has 0 aliphatic carbocycles. The van der Waals surface area contributed by atoms with Gasteiger partial charge in [-0.25, -0.2) is 0 Å². The highest BCUT2D eigenvalue weighted by atomic mass is 16.6. The molecule has 1 aromatic carbocycles. The standard InChI is InChI=1S/C21H31NO3/c1-15(2)14-18(19(22)23)17(20(24)25-21(3,4)5)13-9-12-16-10-7-6-8-11-16/h6-12,15,17-18H,13-14H2,1-5H3,(H2,22,23)/t17-,18+/m0/s1. The molecule has 25 heavy (non-hydrogen) atoms. The van der Waals surface area contributed by atoms with Crippen LogP contribution in [-0.4, -0.2) is 17.5 Å². The number of primary amides is 1. The van der Waals surface area contributed by atoms with E-state index < -0.39 is 23.3 Å². The highest BCUT2D eigenvalue weighted by molar-refractivity contribution is 5.84. The first-order valence-corrected chi connectivity index (χ1v) is 8.84. The molecule has 4 heteroatoms. The van der Waals surface area contributed by atoms with E-state index in [1.165, 1.54) is 0 Å². The molecule has 2 atom stereocenters. The number of rotatable bonds is 8. The molecule has 0 aliphatic heterocycles. The molecule has 0 spiro atoms. The molecular formula is C21H31NO3. The van der Waals surface area contributed by atoms with E-state index in [0.29, 0.717) is 12.8 Å². The van der Waals surface area contributed by atoms with Crippen LogP contribution in [0.5, 0.6) is 0 Å². The number of nitrogens with two attached hydrogens (primary N) is 1. The summed E-state index contributed by atoms with van der Waals surface area (Å²) in [5.74, 6) is -1.65. The van der Waals surface area contributed by atoms with E-state index in [0.717, 1.165) is 5.56 Å². The lowest BCUT2D eigenvalue weighted by molar-refractivity contribution is -0.163. The van der Waals surface area contributed by atoms with Crippen molar-refractivity contribution in [2.75, 3.05) is 0 Å². The molecule has 2 N–H and O–H groups in total. The fourth-order valence-electron chi connectivity index (χ4n) is 2.70. The van der Waals surface area contributed by atoms with Crippen molar-refractivity contribution >= 4 is 18.0 Å². The molecule has 0 aliphatic rings. The minimum absolute atomic E-state index is 0.264. The summed E-state index contributed by atoms with van der Waals surface area (Å²) in [7, 11) is 0. The van der Waals surface area contributed by atoms with Crippen molar-refractivity contribution in [2.45, 2.75) is 53.1 Å². The second-order valence-electron chi connectivity index (χ2n) is 7.83. The van der Waals surface area contributed by atoms with Crippen LogP contribution in [0.15, 0.2) is 36.4 Å². The second-order valence-corrected chi connectivity index (χ2v) is 7.83. The van der Waals surface area contributed by atoms with Crippen molar-refractivity contribution in [2.24, 2.45) is 23.5 Å². The van der Waals surface area contributed by atoms with Gasteiger partial charge in [0.05, 0.1) is 11.8 Å². The Bertz CT molecular complexity index is 585. The fraction of sp³-hybridized carbons (Fsp3) is 0.524. The molecule has 0 heterocycles. The van der Waals surface area contributed by atoms with Crippen LogP contribution in [0.2, 0.25) is 0 Å². The van der Waals surface area contributed by atoms with Gasteiger partial charge in [0.1, 0.15) is 5.60 Å². The number of allylic oxidation sites excluding steroid dienone is 1. The van der Waals surface area contributed by atoms with Gasteiger partial charge in [0.15, 0.2) is 0 Å². The van der Waals surface area contributed by atoms with E-state index in [-0.39, 0.29) is 11.9 Å². The number of ether oxygens (including phenoxy) is 1. The van der Waals surface area contributed by atoms with Gasteiger partial charge in [0, 0.05) is 0 Å². The van der Waals surface area contributed by atoms with Gasteiger partial charge in [-0.1, -0.05) is 56.3 Å². The molecule has 0 fully saturated rings. The first-order chi connectivity index (χ1) is 11.6. The lowest BCUT2D eigenvalue weighted by Crippen LogP contribution is -2.38. The van der Waals surface area contributed by atoms with Gasteiger partial charge in [-0.15, -0.1) is 0 Å². The summed E-state index contributed by atoms with van der Waals surface area (Å²) in [4.78, 5) is 24.6. The van der Waals surface area contributed by atoms with Crippen molar-refractivity contribution in [3.63, 3.8) is 0 Å². The maximum atomic E-state index is 12.7. The Balaban J connectivity index is 2.98. The molecular weight excluding hydrogens is 314 g/mol. The Kier molecular flexibility index (Phi) is 7.88. The third kappa shape index (κ3) is 8.01. The van der Waals surface area contributed by atoms with E-state index in [4.69, 9.17) is 10.5 Å². The van der Waals surface area contributed by atoms with Gasteiger partial charge in [-0.3, -0.25) is 9.59 Å². The van der Waals surface area contributed by atoms with E-state index in [1.54, 1.807) is 0 Å². The van der Waals surface area contributed by atoms with Crippen LogP contribution in [-0.2, 0) is 14.3 Å². The van der Waals surface area contributed by atoms with E-state index >= 15 is 0 Å². The van der Waals surface area contributed by atoms with Crippen LogP contribution in [0.25, 0.3) is 6.08 Å². The van der Waals surface area contributed by atoms with Crippen molar-refractivity contribution < 1.29 is 14.3 Å². The first kappa shape index (κ1) is 20.9. The molecule has 0 saturated carbocycles. The number of benzene rings is 1. The van der Waals surface area contributed by atoms with Crippen LogP contribution in [0.3, 0.4) is 0 Å².